The average Bonchev–Trinajstić information content (AvgIpc) is 2.25. The first-order valence-electron chi connectivity index (χ1n) is 6.43. The van der Waals surface area contributed by atoms with Crippen molar-refractivity contribution in [1.82, 2.24) is 0 Å². The molecule has 0 spiro atoms. The summed E-state index contributed by atoms with van der Waals surface area (Å²) in [5.74, 6) is 0.781. The first-order valence-corrected chi connectivity index (χ1v) is 6.43. The van der Waals surface area contributed by atoms with Crippen LogP contribution in [0.5, 0.6) is 0 Å². The molecule has 0 saturated heterocycles. The van der Waals surface area contributed by atoms with Gasteiger partial charge in [0, 0.05) is 12.0 Å². The van der Waals surface area contributed by atoms with Gasteiger partial charge in [0.15, 0.2) is 5.78 Å². The fraction of sp³-hybridized carbons (Fsp3) is 0.562. The van der Waals surface area contributed by atoms with Crippen LogP contribution in [0.4, 0.5) is 0 Å². The highest BCUT2D eigenvalue weighted by atomic mass is 16.1. The zero-order valence-corrected chi connectivity index (χ0v) is 11.7. The predicted molar refractivity (Wildman–Crippen MR) is 73.6 cm³/mol. The Morgan fingerprint density at radius 3 is 2.06 bits per heavy atom. The second kappa shape index (κ2) is 5.48. The maximum Gasteiger partial charge on any atom is 0.162 e. The van der Waals surface area contributed by atoms with Gasteiger partial charge in [-0.3, -0.25) is 4.79 Å². The summed E-state index contributed by atoms with van der Waals surface area (Å²) >= 11 is 0. The molecule has 0 unspecified atom stereocenters. The van der Waals surface area contributed by atoms with Crippen LogP contribution in [-0.2, 0) is 0 Å². The third kappa shape index (κ3) is 4.72. The Bertz CT molecular complexity index is 366. The van der Waals surface area contributed by atoms with Crippen LogP contribution < -0.4 is 0 Å². The number of benzene rings is 1. The second-order valence-corrected chi connectivity index (χ2v) is 6.26. The number of ketones is 1. The molecular weight excluding hydrogens is 208 g/mol. The molecule has 1 aromatic carbocycles. The maximum absolute atomic E-state index is 12.0. The number of hydrogen-bond acceptors (Lipinski definition) is 1. The van der Waals surface area contributed by atoms with Gasteiger partial charge in [0.1, 0.15) is 0 Å². The smallest absolute Gasteiger partial charge is 0.162 e. The third-order valence-electron chi connectivity index (χ3n) is 3.00. The minimum Gasteiger partial charge on any atom is -0.294 e. The van der Waals surface area contributed by atoms with E-state index in [1.54, 1.807) is 0 Å². The fourth-order valence-corrected chi connectivity index (χ4v) is 1.69. The Morgan fingerprint density at radius 1 is 1.12 bits per heavy atom. The fourth-order valence-electron chi connectivity index (χ4n) is 1.69. The van der Waals surface area contributed by atoms with Gasteiger partial charge in [0.2, 0.25) is 0 Å². The molecule has 0 aliphatic carbocycles. The van der Waals surface area contributed by atoms with Crippen LogP contribution >= 0.6 is 0 Å². The summed E-state index contributed by atoms with van der Waals surface area (Å²) in [6.07, 6.45) is 1.59. The summed E-state index contributed by atoms with van der Waals surface area (Å²) in [4.78, 5) is 12.0. The molecule has 0 aliphatic heterocycles. The largest absolute Gasteiger partial charge is 0.294 e. The highest BCUT2D eigenvalue weighted by Crippen LogP contribution is 2.22. The highest BCUT2D eigenvalue weighted by molar-refractivity contribution is 5.96. The van der Waals surface area contributed by atoms with Crippen molar-refractivity contribution in [2.45, 2.75) is 53.4 Å². The summed E-state index contributed by atoms with van der Waals surface area (Å²) in [6.45, 7) is 10.8. The van der Waals surface area contributed by atoms with Crippen molar-refractivity contribution in [1.29, 1.82) is 0 Å². The Kier molecular flexibility index (Phi) is 4.50. The van der Waals surface area contributed by atoms with Crippen molar-refractivity contribution in [2.75, 3.05) is 0 Å². The van der Waals surface area contributed by atoms with Gasteiger partial charge in [-0.1, -0.05) is 58.9 Å². The lowest BCUT2D eigenvalue weighted by Crippen LogP contribution is -2.09. The van der Waals surface area contributed by atoms with E-state index in [2.05, 4.69) is 46.8 Å². The minimum atomic E-state index is 0.230. The molecule has 1 aromatic rings. The number of carbonyl (C=O) groups excluding carboxylic acids is 1. The van der Waals surface area contributed by atoms with Crippen LogP contribution in [0.1, 0.15) is 69.3 Å². The lowest BCUT2D eigenvalue weighted by atomic mass is 9.88. The molecule has 1 nitrogen and oxygen atoms in total. The van der Waals surface area contributed by atoms with Gasteiger partial charge < -0.3 is 0 Å². The Morgan fingerprint density at radius 2 is 1.65 bits per heavy atom. The van der Waals surface area contributed by atoms with Crippen molar-refractivity contribution < 1.29 is 4.79 Å². The van der Waals surface area contributed by atoms with Crippen LogP contribution in [0.15, 0.2) is 24.3 Å². The summed E-state index contributed by atoms with van der Waals surface area (Å²) in [5, 5.41) is 0. The quantitative estimate of drug-likeness (QED) is 0.680. The van der Waals surface area contributed by atoms with Crippen molar-refractivity contribution in [3.63, 3.8) is 0 Å². The normalized spacial score (nSPS) is 11.9. The highest BCUT2D eigenvalue weighted by Gasteiger charge is 2.14. The van der Waals surface area contributed by atoms with E-state index in [-0.39, 0.29) is 11.2 Å². The van der Waals surface area contributed by atoms with Crippen LogP contribution in [0, 0.1) is 5.41 Å². The summed E-state index contributed by atoms with van der Waals surface area (Å²) in [6, 6.07) is 8.05. The molecule has 0 atom stereocenters. The second-order valence-electron chi connectivity index (χ2n) is 6.26. The van der Waals surface area contributed by atoms with Gasteiger partial charge >= 0.3 is 0 Å². The van der Waals surface area contributed by atoms with Gasteiger partial charge in [-0.25, -0.2) is 0 Å². The number of Topliss-reactive ketones (excluding diaryl/α,β-unsaturated/α-hetero) is 1. The molecule has 0 saturated carbocycles. The van der Waals surface area contributed by atoms with Crippen LogP contribution in [0.3, 0.4) is 0 Å². The van der Waals surface area contributed by atoms with Gasteiger partial charge in [-0.2, -0.15) is 0 Å². The topological polar surface area (TPSA) is 17.1 Å². The standard InChI is InChI=1S/C16H24O/c1-12(2)13-6-8-14(9-7-13)15(17)10-11-16(3,4)5/h6-9,12H,10-11H2,1-5H3. The van der Waals surface area contributed by atoms with E-state index in [4.69, 9.17) is 0 Å². The number of carbonyl (C=O) groups is 1. The lowest BCUT2D eigenvalue weighted by Gasteiger charge is -2.17. The number of rotatable bonds is 4. The molecule has 94 valence electrons. The average molecular weight is 232 g/mol. The molecular formula is C16H24O. The number of hydrogen-bond donors (Lipinski definition) is 0. The molecule has 0 aliphatic rings. The summed E-state index contributed by atoms with van der Waals surface area (Å²) in [5.41, 5.74) is 2.36. The first-order chi connectivity index (χ1) is 7.79. The van der Waals surface area contributed by atoms with Crippen LogP contribution in [0.2, 0.25) is 0 Å². The molecule has 0 bridgehead atoms. The molecule has 1 heteroatoms. The van der Waals surface area contributed by atoms with Gasteiger partial charge in [-0.15, -0.1) is 0 Å². The molecule has 0 radical (unpaired) electrons. The third-order valence-corrected chi connectivity index (χ3v) is 3.00. The minimum absolute atomic E-state index is 0.230. The van der Waals surface area contributed by atoms with E-state index in [0.717, 1.165) is 12.0 Å². The van der Waals surface area contributed by atoms with E-state index in [0.29, 0.717) is 12.3 Å². The van der Waals surface area contributed by atoms with Crippen LogP contribution in [-0.4, -0.2) is 5.78 Å². The molecule has 0 fully saturated rings. The van der Waals surface area contributed by atoms with Crippen molar-refractivity contribution >= 4 is 5.78 Å². The molecule has 17 heavy (non-hydrogen) atoms. The van der Waals surface area contributed by atoms with E-state index >= 15 is 0 Å². The molecule has 0 amide bonds. The SMILES string of the molecule is CC(C)c1ccc(C(=O)CCC(C)(C)C)cc1. The molecule has 1 rings (SSSR count). The molecule has 0 aromatic heterocycles. The van der Waals surface area contributed by atoms with Gasteiger partial charge in [0.25, 0.3) is 0 Å². The van der Waals surface area contributed by atoms with E-state index < -0.39 is 0 Å². The van der Waals surface area contributed by atoms with E-state index in [1.807, 2.05) is 12.1 Å². The lowest BCUT2D eigenvalue weighted by molar-refractivity contribution is 0.0966. The summed E-state index contributed by atoms with van der Waals surface area (Å²) in [7, 11) is 0. The summed E-state index contributed by atoms with van der Waals surface area (Å²) < 4.78 is 0. The zero-order chi connectivity index (χ0) is 13.1. The Balaban J connectivity index is 2.64. The monoisotopic (exact) mass is 232 g/mol. The Hall–Kier alpha value is -1.11. The van der Waals surface area contributed by atoms with Crippen molar-refractivity contribution in [3.05, 3.63) is 35.4 Å². The van der Waals surface area contributed by atoms with E-state index in [9.17, 15) is 4.79 Å². The van der Waals surface area contributed by atoms with Gasteiger partial charge in [-0.05, 0) is 23.3 Å². The zero-order valence-electron chi connectivity index (χ0n) is 11.7. The molecule has 0 N–H and O–H groups in total. The molecule has 0 heterocycles. The van der Waals surface area contributed by atoms with Crippen molar-refractivity contribution in [3.8, 4) is 0 Å². The predicted octanol–water partition coefficient (Wildman–Crippen LogP) is 4.82. The van der Waals surface area contributed by atoms with Crippen molar-refractivity contribution in [2.24, 2.45) is 5.41 Å². The first kappa shape index (κ1) is 14.0. The van der Waals surface area contributed by atoms with E-state index in [1.165, 1.54) is 5.56 Å². The maximum atomic E-state index is 12.0. The Labute approximate surface area is 105 Å². The van der Waals surface area contributed by atoms with Gasteiger partial charge in [0.05, 0.1) is 0 Å². The van der Waals surface area contributed by atoms with Crippen LogP contribution in [0.25, 0.3) is 0 Å².